The zero-order chi connectivity index (χ0) is 12.1. The summed E-state index contributed by atoms with van der Waals surface area (Å²) in [4.78, 5) is 2.51. The highest BCUT2D eigenvalue weighted by Crippen LogP contribution is 2.16. The summed E-state index contributed by atoms with van der Waals surface area (Å²) < 4.78 is 0. The summed E-state index contributed by atoms with van der Waals surface area (Å²) in [5, 5.41) is 12.8. The third-order valence-corrected chi connectivity index (χ3v) is 3.47. The number of aromatic hydroxyl groups is 1. The van der Waals surface area contributed by atoms with E-state index < -0.39 is 0 Å². The van der Waals surface area contributed by atoms with E-state index in [0.717, 1.165) is 13.1 Å². The molecule has 1 aliphatic rings. The van der Waals surface area contributed by atoms with Gasteiger partial charge in [0.2, 0.25) is 0 Å². The van der Waals surface area contributed by atoms with Crippen LogP contribution in [0.5, 0.6) is 5.75 Å². The molecule has 0 spiro atoms. The quantitative estimate of drug-likeness (QED) is 0.819. The summed E-state index contributed by atoms with van der Waals surface area (Å²) in [7, 11) is 0. The molecule has 17 heavy (non-hydrogen) atoms. The van der Waals surface area contributed by atoms with Crippen LogP contribution in [0.4, 0.5) is 0 Å². The molecule has 0 aliphatic carbocycles. The van der Waals surface area contributed by atoms with Gasteiger partial charge < -0.3 is 15.3 Å². The normalized spacial score (nSPS) is 18.4. The van der Waals surface area contributed by atoms with Crippen LogP contribution < -0.4 is 5.32 Å². The van der Waals surface area contributed by atoms with Gasteiger partial charge >= 0.3 is 0 Å². The van der Waals surface area contributed by atoms with Gasteiger partial charge in [-0.2, -0.15) is 0 Å². The molecule has 2 rings (SSSR count). The molecule has 1 aliphatic heterocycles. The minimum absolute atomic E-state index is 0.331. The average molecular weight is 234 g/mol. The molecule has 1 aromatic carbocycles. The number of hydrogen-bond acceptors (Lipinski definition) is 3. The van der Waals surface area contributed by atoms with Crippen molar-refractivity contribution in [2.75, 3.05) is 26.2 Å². The molecule has 1 unspecified atom stereocenters. The Morgan fingerprint density at radius 3 is 2.53 bits per heavy atom. The van der Waals surface area contributed by atoms with E-state index in [-0.39, 0.29) is 0 Å². The van der Waals surface area contributed by atoms with E-state index in [4.69, 9.17) is 0 Å². The molecule has 1 heterocycles. The lowest BCUT2D eigenvalue weighted by atomic mass is 10.1. The summed E-state index contributed by atoms with van der Waals surface area (Å²) in [6, 6.07) is 7.78. The molecule has 94 valence electrons. The zero-order valence-corrected chi connectivity index (χ0v) is 10.5. The highest BCUT2D eigenvalue weighted by Gasteiger charge is 2.11. The van der Waals surface area contributed by atoms with Crippen molar-refractivity contribution in [3.05, 3.63) is 29.8 Å². The van der Waals surface area contributed by atoms with Gasteiger partial charge in [0.25, 0.3) is 0 Å². The van der Waals surface area contributed by atoms with E-state index >= 15 is 0 Å². The molecule has 0 radical (unpaired) electrons. The van der Waals surface area contributed by atoms with E-state index in [2.05, 4.69) is 17.1 Å². The van der Waals surface area contributed by atoms with E-state index in [9.17, 15) is 5.11 Å². The Morgan fingerprint density at radius 1 is 1.24 bits per heavy atom. The van der Waals surface area contributed by atoms with Crippen molar-refractivity contribution in [3.63, 3.8) is 0 Å². The fourth-order valence-corrected chi connectivity index (χ4v) is 2.33. The Labute approximate surface area is 103 Å². The van der Waals surface area contributed by atoms with E-state index in [1.54, 1.807) is 12.1 Å². The minimum atomic E-state index is 0.331. The number of hydrogen-bond donors (Lipinski definition) is 2. The molecule has 0 amide bonds. The predicted octanol–water partition coefficient (Wildman–Crippen LogP) is 2.14. The monoisotopic (exact) mass is 234 g/mol. The Morgan fingerprint density at radius 2 is 1.88 bits per heavy atom. The lowest BCUT2D eigenvalue weighted by Gasteiger charge is -2.18. The van der Waals surface area contributed by atoms with Crippen LogP contribution in [0.2, 0.25) is 0 Å². The van der Waals surface area contributed by atoms with Crippen LogP contribution in [0.15, 0.2) is 24.3 Å². The third kappa shape index (κ3) is 3.72. The molecule has 2 N–H and O–H groups in total. The SMILES string of the molecule is CC(NCCN1CCCC1)c1ccc(O)cc1. The van der Waals surface area contributed by atoms with Crippen molar-refractivity contribution in [1.82, 2.24) is 10.2 Å². The molecule has 1 saturated heterocycles. The maximum atomic E-state index is 9.23. The third-order valence-electron chi connectivity index (χ3n) is 3.47. The van der Waals surface area contributed by atoms with Gasteiger partial charge in [-0.1, -0.05) is 12.1 Å². The van der Waals surface area contributed by atoms with E-state index in [1.807, 2.05) is 12.1 Å². The molecule has 0 aromatic heterocycles. The first-order valence-electron chi connectivity index (χ1n) is 6.50. The first kappa shape index (κ1) is 12.4. The topological polar surface area (TPSA) is 35.5 Å². The number of likely N-dealkylation sites (tertiary alicyclic amines) is 1. The number of nitrogens with one attached hydrogen (secondary N) is 1. The second kappa shape index (κ2) is 6.03. The van der Waals surface area contributed by atoms with Gasteiger partial charge in [0, 0.05) is 19.1 Å². The van der Waals surface area contributed by atoms with Crippen LogP contribution in [-0.4, -0.2) is 36.2 Å². The van der Waals surface area contributed by atoms with Crippen molar-refractivity contribution in [2.24, 2.45) is 0 Å². The van der Waals surface area contributed by atoms with Gasteiger partial charge in [-0.15, -0.1) is 0 Å². The fourth-order valence-electron chi connectivity index (χ4n) is 2.33. The van der Waals surface area contributed by atoms with Crippen molar-refractivity contribution >= 4 is 0 Å². The molecule has 0 saturated carbocycles. The number of nitrogens with zero attached hydrogens (tertiary/aromatic N) is 1. The second-order valence-electron chi connectivity index (χ2n) is 4.82. The van der Waals surface area contributed by atoms with Gasteiger partial charge in [0.1, 0.15) is 5.75 Å². The molecule has 3 heteroatoms. The summed E-state index contributed by atoms with van der Waals surface area (Å²) in [6.45, 7) is 6.85. The first-order chi connectivity index (χ1) is 8.25. The Kier molecular flexibility index (Phi) is 4.40. The summed E-state index contributed by atoms with van der Waals surface area (Å²) in [5.41, 5.74) is 1.23. The van der Waals surface area contributed by atoms with Crippen LogP contribution in [0.25, 0.3) is 0 Å². The fraction of sp³-hybridized carbons (Fsp3) is 0.571. The highest BCUT2D eigenvalue weighted by molar-refractivity contribution is 5.27. The van der Waals surface area contributed by atoms with Crippen molar-refractivity contribution in [1.29, 1.82) is 0 Å². The number of benzene rings is 1. The summed E-state index contributed by atoms with van der Waals surface area (Å²) >= 11 is 0. The lowest BCUT2D eigenvalue weighted by Crippen LogP contribution is -2.31. The Balaban J connectivity index is 1.72. The first-order valence-corrected chi connectivity index (χ1v) is 6.50. The molecular formula is C14H22N2O. The van der Waals surface area contributed by atoms with E-state index in [0.29, 0.717) is 11.8 Å². The van der Waals surface area contributed by atoms with Crippen LogP contribution in [-0.2, 0) is 0 Å². The maximum absolute atomic E-state index is 9.23. The Bertz CT molecular complexity index is 331. The molecule has 1 aromatic rings. The molecule has 3 nitrogen and oxygen atoms in total. The maximum Gasteiger partial charge on any atom is 0.115 e. The average Bonchev–Trinajstić information content (AvgIpc) is 2.83. The number of rotatable bonds is 5. The van der Waals surface area contributed by atoms with Crippen LogP contribution in [0.3, 0.4) is 0 Å². The minimum Gasteiger partial charge on any atom is -0.508 e. The second-order valence-corrected chi connectivity index (χ2v) is 4.82. The van der Waals surface area contributed by atoms with Crippen LogP contribution in [0.1, 0.15) is 31.4 Å². The van der Waals surface area contributed by atoms with Crippen molar-refractivity contribution in [3.8, 4) is 5.75 Å². The standard InChI is InChI=1S/C14H22N2O/c1-12(13-4-6-14(17)7-5-13)15-8-11-16-9-2-3-10-16/h4-7,12,15,17H,2-3,8-11H2,1H3. The zero-order valence-electron chi connectivity index (χ0n) is 10.5. The number of phenols is 1. The molecular weight excluding hydrogens is 212 g/mol. The van der Waals surface area contributed by atoms with Crippen LogP contribution >= 0.6 is 0 Å². The number of phenolic OH excluding ortho intramolecular Hbond substituents is 1. The van der Waals surface area contributed by atoms with Gasteiger partial charge in [-0.25, -0.2) is 0 Å². The van der Waals surface area contributed by atoms with Gasteiger partial charge in [-0.3, -0.25) is 0 Å². The smallest absolute Gasteiger partial charge is 0.115 e. The Hall–Kier alpha value is -1.06. The van der Waals surface area contributed by atoms with Gasteiger partial charge in [-0.05, 0) is 50.6 Å². The molecule has 1 atom stereocenters. The van der Waals surface area contributed by atoms with Crippen molar-refractivity contribution < 1.29 is 5.11 Å². The van der Waals surface area contributed by atoms with Gasteiger partial charge in [0.15, 0.2) is 0 Å². The van der Waals surface area contributed by atoms with Gasteiger partial charge in [0.05, 0.1) is 0 Å². The summed E-state index contributed by atoms with van der Waals surface area (Å²) in [5.74, 6) is 0.331. The summed E-state index contributed by atoms with van der Waals surface area (Å²) in [6.07, 6.45) is 2.71. The largest absolute Gasteiger partial charge is 0.508 e. The van der Waals surface area contributed by atoms with E-state index in [1.165, 1.54) is 31.5 Å². The predicted molar refractivity (Wildman–Crippen MR) is 70.2 cm³/mol. The molecule has 0 bridgehead atoms. The van der Waals surface area contributed by atoms with Crippen LogP contribution in [0, 0.1) is 0 Å². The highest BCUT2D eigenvalue weighted by atomic mass is 16.3. The molecule has 1 fully saturated rings. The van der Waals surface area contributed by atoms with Crippen molar-refractivity contribution in [2.45, 2.75) is 25.8 Å². The lowest BCUT2D eigenvalue weighted by molar-refractivity contribution is 0.330.